The van der Waals surface area contributed by atoms with E-state index in [0.29, 0.717) is 0 Å². The first-order valence-electron chi connectivity index (χ1n) is 0.783. The number of halogens is 1. The standard InChI is InChI=1S/ClH.Li.Mn.H3O4P.H/c;;;1-5(2,3)4;/h1H;;;(H3,1,2,3,4);/q;+1;;;-1. The number of hydrogen-bond acceptors (Lipinski definition) is 1. The van der Waals surface area contributed by atoms with Gasteiger partial charge < -0.3 is 16.1 Å². The van der Waals surface area contributed by atoms with E-state index >= 15 is 0 Å². The third-order valence-corrected chi connectivity index (χ3v) is 0. The summed E-state index contributed by atoms with van der Waals surface area (Å²) in [7, 11) is -4.64. The van der Waals surface area contributed by atoms with Crippen molar-refractivity contribution in [3.8, 4) is 0 Å². The molecule has 49 valence electrons. The molecule has 3 N–H and O–H groups in total. The predicted molar refractivity (Wildman–Crippen MR) is 22.6 cm³/mol. The van der Waals surface area contributed by atoms with Crippen LogP contribution in [-0.2, 0) is 21.6 Å². The van der Waals surface area contributed by atoms with Crippen LogP contribution < -0.4 is 18.9 Å². The second-order valence-corrected chi connectivity index (χ2v) is 1.54. The summed E-state index contributed by atoms with van der Waals surface area (Å²) in [5.74, 6) is 0. The third kappa shape index (κ3) is 139. The fourth-order valence-corrected chi connectivity index (χ4v) is 0. The molecule has 0 bridgehead atoms. The Kier molecular flexibility index (Phi) is 24.1. The van der Waals surface area contributed by atoms with Crippen LogP contribution in [0.15, 0.2) is 0 Å². The van der Waals surface area contributed by atoms with Crippen LogP contribution >= 0.6 is 20.2 Å². The molecule has 8 heteroatoms. The molecule has 0 spiro atoms. The summed E-state index contributed by atoms with van der Waals surface area (Å²) in [4.78, 5) is 21.6. The van der Waals surface area contributed by atoms with Gasteiger partial charge in [-0.15, -0.1) is 12.4 Å². The van der Waals surface area contributed by atoms with E-state index in [2.05, 4.69) is 0 Å². The molecule has 0 aromatic carbocycles. The van der Waals surface area contributed by atoms with Crippen molar-refractivity contribution in [3.63, 3.8) is 0 Å². The molecule has 0 aliphatic heterocycles. The largest absolute Gasteiger partial charge is 1.00 e. The van der Waals surface area contributed by atoms with E-state index in [-0.39, 0.29) is 49.8 Å². The van der Waals surface area contributed by atoms with Crippen molar-refractivity contribution in [3.05, 3.63) is 0 Å². The Hall–Kier alpha value is 1.52. The number of phosphoric acid groups is 1. The molecule has 0 heterocycles. The first-order valence-corrected chi connectivity index (χ1v) is 2.35. The first kappa shape index (κ1) is 22.7. The Morgan fingerprint density at radius 2 is 1.25 bits per heavy atom. The molecular formula is H5ClLiMnO4P. The summed E-state index contributed by atoms with van der Waals surface area (Å²) in [5.41, 5.74) is 0. The minimum Gasteiger partial charge on any atom is -1.00 e. The van der Waals surface area contributed by atoms with Crippen LogP contribution in [0.1, 0.15) is 1.43 Å². The zero-order valence-electron chi connectivity index (χ0n) is 4.98. The summed E-state index contributed by atoms with van der Waals surface area (Å²) in [6.45, 7) is 0. The van der Waals surface area contributed by atoms with E-state index in [1.807, 2.05) is 0 Å². The van der Waals surface area contributed by atoms with Crippen LogP contribution in [-0.4, -0.2) is 14.7 Å². The van der Waals surface area contributed by atoms with E-state index < -0.39 is 7.82 Å². The van der Waals surface area contributed by atoms with Gasteiger partial charge in [-0.1, -0.05) is 0 Å². The van der Waals surface area contributed by atoms with Gasteiger partial charge in [-0.05, 0) is 0 Å². The van der Waals surface area contributed by atoms with Crippen molar-refractivity contribution in [2.24, 2.45) is 0 Å². The van der Waals surface area contributed by atoms with Crippen molar-refractivity contribution in [2.45, 2.75) is 0 Å². The molecule has 0 fully saturated rings. The van der Waals surface area contributed by atoms with Gasteiger partial charge in [0.05, 0.1) is 0 Å². The maximum Gasteiger partial charge on any atom is 1.00 e. The van der Waals surface area contributed by atoms with E-state index in [9.17, 15) is 0 Å². The van der Waals surface area contributed by atoms with Crippen molar-refractivity contribution < 1.29 is 56.6 Å². The van der Waals surface area contributed by atoms with Gasteiger partial charge in [-0.3, -0.25) is 0 Å². The van der Waals surface area contributed by atoms with Gasteiger partial charge in [-0.25, -0.2) is 4.57 Å². The minimum atomic E-state index is -4.64. The summed E-state index contributed by atoms with van der Waals surface area (Å²) in [5, 5.41) is 0. The summed E-state index contributed by atoms with van der Waals surface area (Å²) < 4.78 is 8.88. The smallest absolute Gasteiger partial charge is 1.00 e. The molecule has 1 radical (unpaired) electrons. The Morgan fingerprint density at radius 1 is 1.25 bits per heavy atom. The molecule has 0 aromatic heterocycles. The summed E-state index contributed by atoms with van der Waals surface area (Å²) in [6, 6.07) is 0. The van der Waals surface area contributed by atoms with Crippen LogP contribution in [0.5, 0.6) is 0 Å². The van der Waals surface area contributed by atoms with Crippen LogP contribution in [0.3, 0.4) is 0 Å². The third-order valence-electron chi connectivity index (χ3n) is 0. The fraction of sp³-hybridized carbons (Fsp3) is 0. The zero-order valence-corrected chi connectivity index (χ0v) is 6.87. The van der Waals surface area contributed by atoms with Crippen LogP contribution in [0.2, 0.25) is 0 Å². The van der Waals surface area contributed by atoms with Crippen molar-refractivity contribution in [1.29, 1.82) is 0 Å². The molecule has 0 aliphatic carbocycles. The second kappa shape index (κ2) is 8.52. The molecule has 0 unspecified atom stereocenters. The molecule has 0 aromatic rings. The van der Waals surface area contributed by atoms with Gasteiger partial charge in [-0.2, -0.15) is 0 Å². The van der Waals surface area contributed by atoms with E-state index in [1.165, 1.54) is 0 Å². The van der Waals surface area contributed by atoms with E-state index in [4.69, 9.17) is 19.2 Å². The molecule has 0 amide bonds. The number of rotatable bonds is 0. The van der Waals surface area contributed by atoms with E-state index in [0.717, 1.165) is 0 Å². The van der Waals surface area contributed by atoms with E-state index in [1.54, 1.807) is 0 Å². The van der Waals surface area contributed by atoms with Crippen LogP contribution in [0.25, 0.3) is 0 Å². The molecule has 8 heavy (non-hydrogen) atoms. The molecule has 0 rings (SSSR count). The number of hydrogen-bond donors (Lipinski definition) is 3. The maximum atomic E-state index is 8.88. The quantitative estimate of drug-likeness (QED) is 0.279. The van der Waals surface area contributed by atoms with Crippen molar-refractivity contribution in [2.75, 3.05) is 0 Å². The normalized spacial score (nSPS) is 7.38. The van der Waals surface area contributed by atoms with Crippen molar-refractivity contribution in [1.82, 2.24) is 0 Å². The summed E-state index contributed by atoms with van der Waals surface area (Å²) >= 11 is 0. The SMILES string of the molecule is Cl.O=P(O)(O)O.[H-].[Li+].[Mn]. The molecule has 4 nitrogen and oxygen atoms in total. The Balaban J connectivity index is -0.0000000133. The van der Waals surface area contributed by atoms with Gasteiger partial charge >= 0.3 is 26.7 Å². The van der Waals surface area contributed by atoms with Gasteiger partial charge in [0.1, 0.15) is 0 Å². The zero-order chi connectivity index (χ0) is 4.50. The van der Waals surface area contributed by atoms with Crippen LogP contribution in [0.4, 0.5) is 0 Å². The predicted octanol–water partition coefficient (Wildman–Crippen LogP) is -3.39. The average Bonchev–Trinajstić information content (AvgIpc) is 0.722. The molecule has 0 atom stereocenters. The van der Waals surface area contributed by atoms with Crippen LogP contribution in [0, 0.1) is 0 Å². The Bertz CT molecular complexity index is 66.7. The molecular weight excluding hydrogens is 192 g/mol. The molecule has 0 saturated heterocycles. The van der Waals surface area contributed by atoms with Gasteiger partial charge in [0.15, 0.2) is 0 Å². The summed E-state index contributed by atoms with van der Waals surface area (Å²) in [6.07, 6.45) is 0. The van der Waals surface area contributed by atoms with Crippen molar-refractivity contribution >= 4 is 20.2 Å². The minimum absolute atomic E-state index is 0. The fourth-order valence-electron chi connectivity index (χ4n) is 0. The molecule has 0 saturated carbocycles. The molecule has 0 aliphatic rings. The van der Waals surface area contributed by atoms with Gasteiger partial charge in [0.25, 0.3) is 0 Å². The van der Waals surface area contributed by atoms with Gasteiger partial charge in [0, 0.05) is 17.1 Å². The maximum absolute atomic E-state index is 8.88. The first-order chi connectivity index (χ1) is 2.00. The second-order valence-electron chi connectivity index (χ2n) is 0.513. The Morgan fingerprint density at radius 3 is 1.25 bits per heavy atom. The van der Waals surface area contributed by atoms with Gasteiger partial charge in [0.2, 0.25) is 0 Å². The topological polar surface area (TPSA) is 77.8 Å². The monoisotopic (exact) mass is 197 g/mol. The average molecular weight is 197 g/mol. The Labute approximate surface area is 76.8 Å².